The topological polar surface area (TPSA) is 0 Å². The predicted octanol–water partition coefficient (Wildman–Crippen LogP) is 6.30. The minimum absolute atomic E-state index is 1.14. The highest BCUT2D eigenvalue weighted by Gasteiger charge is 1.84. The SMILES string of the molecule is CCC.CCCc1ccccc1.CCc1ccccc1. The van der Waals surface area contributed by atoms with Crippen LogP contribution >= 0.6 is 0 Å². The molecule has 0 nitrogen and oxygen atoms in total. The summed E-state index contributed by atoms with van der Waals surface area (Å²) in [7, 11) is 0. The summed E-state index contributed by atoms with van der Waals surface area (Å²) in [5.41, 5.74) is 2.85. The molecule has 0 atom stereocenters. The molecule has 110 valence electrons. The standard InChI is InChI=1S/C9H12.C8H10.C3H8/c1-2-6-9-7-4-3-5-8-9;1-2-8-6-4-3-5-7-8;1-3-2/h3-5,7-8H,2,6H2,1H3;3-7H,2H2,1H3;3H2,1-2H3. The Morgan fingerprint density at radius 3 is 1.30 bits per heavy atom. The van der Waals surface area contributed by atoms with Crippen LogP contribution in [0.5, 0.6) is 0 Å². The highest BCUT2D eigenvalue weighted by atomic mass is 13.9. The molecule has 0 saturated heterocycles. The number of aryl methyl sites for hydroxylation is 2. The van der Waals surface area contributed by atoms with Gasteiger partial charge in [-0.25, -0.2) is 0 Å². The molecule has 0 aliphatic rings. The third-order valence-corrected chi connectivity index (χ3v) is 2.63. The van der Waals surface area contributed by atoms with Crippen molar-refractivity contribution in [3.05, 3.63) is 71.8 Å². The predicted molar refractivity (Wildman–Crippen MR) is 92.2 cm³/mol. The summed E-state index contributed by atoms with van der Waals surface area (Å²) in [6.45, 7) is 8.61. The molecule has 2 aromatic rings. The molecular weight excluding hydrogens is 240 g/mol. The summed E-state index contributed by atoms with van der Waals surface area (Å²) in [6.07, 6.45) is 4.84. The first-order valence-corrected chi connectivity index (χ1v) is 7.86. The molecule has 0 saturated carbocycles. The second kappa shape index (κ2) is 13.9. The summed E-state index contributed by atoms with van der Waals surface area (Å²) in [6, 6.07) is 21.0. The lowest BCUT2D eigenvalue weighted by molar-refractivity contribution is 0.922. The van der Waals surface area contributed by atoms with Crippen LogP contribution in [0, 0.1) is 0 Å². The van der Waals surface area contributed by atoms with Gasteiger partial charge in [-0.3, -0.25) is 0 Å². The average molecular weight is 270 g/mol. The molecular formula is C20H30. The van der Waals surface area contributed by atoms with Crippen molar-refractivity contribution in [3.63, 3.8) is 0 Å². The van der Waals surface area contributed by atoms with Crippen molar-refractivity contribution in [2.24, 2.45) is 0 Å². The Morgan fingerprint density at radius 2 is 1.00 bits per heavy atom. The molecule has 2 aromatic carbocycles. The fourth-order valence-corrected chi connectivity index (χ4v) is 1.65. The molecule has 0 radical (unpaired) electrons. The number of benzene rings is 2. The molecule has 0 N–H and O–H groups in total. The monoisotopic (exact) mass is 270 g/mol. The lowest BCUT2D eigenvalue weighted by atomic mass is 10.1. The Bertz CT molecular complexity index is 389. The summed E-state index contributed by atoms with van der Waals surface area (Å²) in [5, 5.41) is 0. The normalized spacial score (nSPS) is 8.80. The van der Waals surface area contributed by atoms with Crippen LogP contribution in [-0.2, 0) is 12.8 Å². The van der Waals surface area contributed by atoms with Gasteiger partial charge in [0.05, 0.1) is 0 Å². The van der Waals surface area contributed by atoms with Gasteiger partial charge in [-0.1, -0.05) is 101 Å². The number of hydrogen-bond acceptors (Lipinski definition) is 0. The first-order chi connectivity index (χ1) is 9.78. The highest BCUT2D eigenvalue weighted by Crippen LogP contribution is 2.00. The zero-order valence-corrected chi connectivity index (χ0v) is 13.6. The van der Waals surface area contributed by atoms with E-state index in [1.165, 1.54) is 30.4 Å². The van der Waals surface area contributed by atoms with Crippen LogP contribution in [0.2, 0.25) is 0 Å². The molecule has 0 unspecified atom stereocenters. The van der Waals surface area contributed by atoms with Crippen LogP contribution < -0.4 is 0 Å². The molecule has 20 heavy (non-hydrogen) atoms. The van der Waals surface area contributed by atoms with E-state index in [0.29, 0.717) is 0 Å². The first-order valence-electron chi connectivity index (χ1n) is 7.86. The van der Waals surface area contributed by atoms with Gasteiger partial charge in [-0.05, 0) is 24.0 Å². The fraction of sp³-hybridized carbons (Fsp3) is 0.400. The lowest BCUT2D eigenvalue weighted by Gasteiger charge is -1.93. The van der Waals surface area contributed by atoms with Crippen LogP contribution in [0.25, 0.3) is 0 Å². The van der Waals surface area contributed by atoms with E-state index in [-0.39, 0.29) is 0 Å². The summed E-state index contributed by atoms with van der Waals surface area (Å²) < 4.78 is 0. The Kier molecular flexibility index (Phi) is 12.8. The molecule has 0 heterocycles. The second-order valence-corrected chi connectivity index (χ2v) is 4.78. The van der Waals surface area contributed by atoms with Crippen molar-refractivity contribution in [1.29, 1.82) is 0 Å². The van der Waals surface area contributed by atoms with E-state index < -0.39 is 0 Å². The molecule has 0 aromatic heterocycles. The fourth-order valence-electron chi connectivity index (χ4n) is 1.65. The maximum Gasteiger partial charge on any atom is -0.0281 e. The smallest absolute Gasteiger partial charge is 0.0281 e. The van der Waals surface area contributed by atoms with Gasteiger partial charge in [0.2, 0.25) is 0 Å². The summed E-state index contributed by atoms with van der Waals surface area (Å²) in [5.74, 6) is 0. The van der Waals surface area contributed by atoms with E-state index in [1.807, 2.05) is 6.07 Å². The van der Waals surface area contributed by atoms with Crippen LogP contribution in [0.1, 0.15) is 51.7 Å². The van der Waals surface area contributed by atoms with Crippen LogP contribution in [0.15, 0.2) is 60.7 Å². The van der Waals surface area contributed by atoms with Crippen molar-refractivity contribution in [2.75, 3.05) is 0 Å². The largest absolute Gasteiger partial charge is 0.0656 e. The van der Waals surface area contributed by atoms with Crippen molar-refractivity contribution in [1.82, 2.24) is 0 Å². The van der Waals surface area contributed by atoms with Gasteiger partial charge in [0.1, 0.15) is 0 Å². The Morgan fingerprint density at radius 1 is 0.600 bits per heavy atom. The summed E-state index contributed by atoms with van der Waals surface area (Å²) in [4.78, 5) is 0. The van der Waals surface area contributed by atoms with Gasteiger partial charge in [-0.2, -0.15) is 0 Å². The van der Waals surface area contributed by atoms with E-state index in [4.69, 9.17) is 0 Å². The second-order valence-electron chi connectivity index (χ2n) is 4.78. The zero-order valence-electron chi connectivity index (χ0n) is 13.6. The Hall–Kier alpha value is -1.56. The lowest BCUT2D eigenvalue weighted by Crippen LogP contribution is -1.78. The number of rotatable bonds is 3. The Labute approximate surface area is 125 Å². The van der Waals surface area contributed by atoms with Gasteiger partial charge >= 0.3 is 0 Å². The third kappa shape index (κ3) is 10.4. The molecule has 0 heteroatoms. The van der Waals surface area contributed by atoms with E-state index >= 15 is 0 Å². The molecule has 0 spiro atoms. The van der Waals surface area contributed by atoms with Crippen LogP contribution in [-0.4, -0.2) is 0 Å². The van der Waals surface area contributed by atoms with E-state index in [1.54, 1.807) is 0 Å². The van der Waals surface area contributed by atoms with Gasteiger partial charge < -0.3 is 0 Å². The molecule has 0 fully saturated rings. The van der Waals surface area contributed by atoms with Crippen LogP contribution in [0.3, 0.4) is 0 Å². The maximum absolute atomic E-state index is 2.20. The third-order valence-electron chi connectivity index (χ3n) is 2.63. The molecule has 0 bridgehead atoms. The van der Waals surface area contributed by atoms with Gasteiger partial charge in [0.15, 0.2) is 0 Å². The molecule has 0 aliphatic carbocycles. The first kappa shape index (κ1) is 18.4. The minimum atomic E-state index is 1.14. The van der Waals surface area contributed by atoms with Crippen LogP contribution in [0.4, 0.5) is 0 Å². The van der Waals surface area contributed by atoms with E-state index in [9.17, 15) is 0 Å². The minimum Gasteiger partial charge on any atom is -0.0656 e. The quantitative estimate of drug-likeness (QED) is 0.613. The van der Waals surface area contributed by atoms with Crippen molar-refractivity contribution >= 4 is 0 Å². The molecule has 2 rings (SSSR count). The van der Waals surface area contributed by atoms with Crippen molar-refractivity contribution in [3.8, 4) is 0 Å². The molecule has 0 amide bonds. The van der Waals surface area contributed by atoms with Gasteiger partial charge in [-0.15, -0.1) is 0 Å². The summed E-state index contributed by atoms with van der Waals surface area (Å²) >= 11 is 0. The zero-order chi connectivity index (χ0) is 15.1. The molecule has 0 aliphatic heterocycles. The maximum atomic E-state index is 2.20. The van der Waals surface area contributed by atoms with Crippen molar-refractivity contribution < 1.29 is 0 Å². The van der Waals surface area contributed by atoms with E-state index in [0.717, 1.165) is 6.42 Å². The van der Waals surface area contributed by atoms with Crippen molar-refractivity contribution in [2.45, 2.75) is 53.4 Å². The average Bonchev–Trinajstić information content (AvgIpc) is 2.51. The highest BCUT2D eigenvalue weighted by molar-refractivity contribution is 5.14. The van der Waals surface area contributed by atoms with E-state index in [2.05, 4.69) is 82.3 Å². The Balaban J connectivity index is 0.000000304. The van der Waals surface area contributed by atoms with Gasteiger partial charge in [0.25, 0.3) is 0 Å². The van der Waals surface area contributed by atoms with Gasteiger partial charge in [0, 0.05) is 0 Å². The number of hydrogen-bond donors (Lipinski definition) is 0.